The van der Waals surface area contributed by atoms with E-state index in [2.05, 4.69) is 22.9 Å². The third-order valence-electron chi connectivity index (χ3n) is 4.23. The lowest BCUT2D eigenvalue weighted by Gasteiger charge is -2.25. The lowest BCUT2D eigenvalue weighted by atomic mass is 9.79. The zero-order valence-corrected chi connectivity index (χ0v) is 12.2. The van der Waals surface area contributed by atoms with Gasteiger partial charge in [0.1, 0.15) is 0 Å². The van der Waals surface area contributed by atoms with Crippen molar-refractivity contribution in [3.63, 3.8) is 0 Å². The van der Waals surface area contributed by atoms with Crippen molar-refractivity contribution in [1.29, 1.82) is 0 Å². The van der Waals surface area contributed by atoms with Gasteiger partial charge in [0.15, 0.2) is 0 Å². The van der Waals surface area contributed by atoms with Gasteiger partial charge in [-0.15, -0.1) is 0 Å². The molecule has 0 amide bonds. The highest BCUT2D eigenvalue weighted by atomic mass is 79.9. The van der Waals surface area contributed by atoms with Gasteiger partial charge in [0.05, 0.1) is 5.41 Å². The van der Waals surface area contributed by atoms with Crippen molar-refractivity contribution in [3.8, 4) is 0 Å². The molecule has 0 spiro atoms. The molecule has 3 heteroatoms. The molecule has 1 fully saturated rings. The number of rotatable bonds is 4. The summed E-state index contributed by atoms with van der Waals surface area (Å²) >= 11 is 3.52. The molecule has 2 nitrogen and oxygen atoms in total. The molecule has 1 aromatic carbocycles. The Labute approximate surface area is 117 Å². The Morgan fingerprint density at radius 3 is 2.78 bits per heavy atom. The van der Waals surface area contributed by atoms with E-state index in [9.17, 15) is 9.90 Å². The van der Waals surface area contributed by atoms with Crippen LogP contribution in [0.3, 0.4) is 0 Å². The summed E-state index contributed by atoms with van der Waals surface area (Å²) in [7, 11) is 0. The lowest BCUT2D eigenvalue weighted by Crippen LogP contribution is -2.31. The minimum atomic E-state index is -0.630. The quantitative estimate of drug-likeness (QED) is 0.901. The normalized spacial score (nSPS) is 27.3. The van der Waals surface area contributed by atoms with E-state index in [0.29, 0.717) is 12.3 Å². The summed E-state index contributed by atoms with van der Waals surface area (Å²) in [5, 5.41) is 9.61. The summed E-state index contributed by atoms with van der Waals surface area (Å²) in [6.07, 6.45) is 4.40. The molecule has 2 atom stereocenters. The number of carboxylic acid groups (broad SMARTS) is 1. The SMILES string of the molecule is CCC1CCC(Cc2ccccc2Br)(C(=O)O)C1. The maximum Gasteiger partial charge on any atom is 0.309 e. The predicted octanol–water partition coefficient (Wildman–Crippen LogP) is 4.27. The van der Waals surface area contributed by atoms with Crippen LogP contribution in [0.5, 0.6) is 0 Å². The van der Waals surface area contributed by atoms with E-state index in [1.807, 2.05) is 24.3 Å². The molecule has 2 unspecified atom stereocenters. The topological polar surface area (TPSA) is 37.3 Å². The molecular formula is C15H19BrO2. The monoisotopic (exact) mass is 310 g/mol. The van der Waals surface area contributed by atoms with Crippen molar-refractivity contribution in [3.05, 3.63) is 34.3 Å². The van der Waals surface area contributed by atoms with E-state index in [-0.39, 0.29) is 0 Å². The van der Waals surface area contributed by atoms with Gasteiger partial charge in [0.2, 0.25) is 0 Å². The molecular weight excluding hydrogens is 292 g/mol. The fraction of sp³-hybridized carbons (Fsp3) is 0.533. The van der Waals surface area contributed by atoms with Crippen LogP contribution in [-0.4, -0.2) is 11.1 Å². The molecule has 1 N–H and O–H groups in total. The van der Waals surface area contributed by atoms with Crippen molar-refractivity contribution in [2.75, 3.05) is 0 Å². The standard InChI is InChI=1S/C15H19BrO2/c1-2-11-7-8-15(9-11,14(17)18)10-12-5-3-4-6-13(12)16/h3-6,11H,2,7-10H2,1H3,(H,17,18). The Morgan fingerprint density at radius 2 is 2.22 bits per heavy atom. The number of halogens is 1. The van der Waals surface area contributed by atoms with E-state index in [0.717, 1.165) is 35.7 Å². The first-order chi connectivity index (χ1) is 8.57. The summed E-state index contributed by atoms with van der Waals surface area (Å²) in [5.41, 5.74) is 0.557. The molecule has 0 heterocycles. The van der Waals surface area contributed by atoms with E-state index in [4.69, 9.17) is 0 Å². The van der Waals surface area contributed by atoms with Gasteiger partial charge in [-0.05, 0) is 43.2 Å². The van der Waals surface area contributed by atoms with Crippen LogP contribution in [0.15, 0.2) is 28.7 Å². The first-order valence-corrected chi connectivity index (χ1v) is 7.33. The van der Waals surface area contributed by atoms with Gasteiger partial charge < -0.3 is 5.11 Å². The average molecular weight is 311 g/mol. The van der Waals surface area contributed by atoms with Crippen molar-refractivity contribution in [2.45, 2.75) is 39.0 Å². The van der Waals surface area contributed by atoms with Gasteiger partial charge in [-0.2, -0.15) is 0 Å². The molecule has 18 heavy (non-hydrogen) atoms. The highest BCUT2D eigenvalue weighted by Crippen LogP contribution is 2.46. The molecule has 0 bridgehead atoms. The van der Waals surface area contributed by atoms with Crippen molar-refractivity contribution < 1.29 is 9.90 Å². The molecule has 1 saturated carbocycles. The Morgan fingerprint density at radius 1 is 1.50 bits per heavy atom. The van der Waals surface area contributed by atoms with E-state index in [1.165, 1.54) is 0 Å². The number of hydrogen-bond donors (Lipinski definition) is 1. The van der Waals surface area contributed by atoms with Crippen LogP contribution in [0.4, 0.5) is 0 Å². The van der Waals surface area contributed by atoms with Crippen molar-refractivity contribution in [1.82, 2.24) is 0 Å². The Kier molecular flexibility index (Phi) is 4.10. The van der Waals surface area contributed by atoms with E-state index in [1.54, 1.807) is 0 Å². The molecule has 0 saturated heterocycles. The van der Waals surface area contributed by atoms with Gasteiger partial charge in [-0.25, -0.2) is 0 Å². The molecule has 1 aliphatic rings. The number of benzene rings is 1. The van der Waals surface area contributed by atoms with Gasteiger partial charge in [0, 0.05) is 4.47 Å². The van der Waals surface area contributed by atoms with Gasteiger partial charge in [-0.1, -0.05) is 47.5 Å². The fourth-order valence-electron chi connectivity index (χ4n) is 3.02. The van der Waals surface area contributed by atoms with E-state index < -0.39 is 11.4 Å². The zero-order chi connectivity index (χ0) is 13.2. The second-order valence-corrected chi connectivity index (χ2v) is 6.23. The number of carbonyl (C=O) groups is 1. The van der Waals surface area contributed by atoms with Crippen LogP contribution in [0.2, 0.25) is 0 Å². The number of carboxylic acids is 1. The van der Waals surface area contributed by atoms with Gasteiger partial charge >= 0.3 is 5.97 Å². The van der Waals surface area contributed by atoms with Crippen LogP contribution >= 0.6 is 15.9 Å². The molecule has 1 aromatic rings. The average Bonchev–Trinajstić information content (AvgIpc) is 2.77. The largest absolute Gasteiger partial charge is 0.481 e. The first kappa shape index (κ1) is 13.6. The second-order valence-electron chi connectivity index (χ2n) is 5.37. The zero-order valence-electron chi connectivity index (χ0n) is 10.7. The minimum absolute atomic E-state index is 0.551. The van der Waals surface area contributed by atoms with Gasteiger partial charge in [-0.3, -0.25) is 4.79 Å². The number of aliphatic carboxylic acids is 1. The fourth-order valence-corrected chi connectivity index (χ4v) is 3.45. The Bertz CT molecular complexity index is 444. The predicted molar refractivity (Wildman–Crippen MR) is 75.5 cm³/mol. The molecule has 0 radical (unpaired) electrons. The molecule has 2 rings (SSSR count). The molecule has 98 valence electrons. The summed E-state index contributed by atoms with van der Waals surface area (Å²) in [4.78, 5) is 11.7. The van der Waals surface area contributed by atoms with Crippen LogP contribution in [0.25, 0.3) is 0 Å². The third-order valence-corrected chi connectivity index (χ3v) is 5.00. The summed E-state index contributed by atoms with van der Waals surface area (Å²) in [5.74, 6) is -0.0576. The highest BCUT2D eigenvalue weighted by Gasteiger charge is 2.45. The summed E-state index contributed by atoms with van der Waals surface area (Å²) in [6, 6.07) is 7.94. The summed E-state index contributed by atoms with van der Waals surface area (Å²) < 4.78 is 1.02. The summed E-state index contributed by atoms with van der Waals surface area (Å²) in [6.45, 7) is 2.15. The second kappa shape index (κ2) is 5.43. The van der Waals surface area contributed by atoms with Crippen LogP contribution in [0.1, 0.15) is 38.2 Å². The van der Waals surface area contributed by atoms with E-state index >= 15 is 0 Å². The molecule has 0 aliphatic heterocycles. The van der Waals surface area contributed by atoms with Crippen molar-refractivity contribution >= 4 is 21.9 Å². The first-order valence-electron chi connectivity index (χ1n) is 6.54. The van der Waals surface area contributed by atoms with Crippen LogP contribution in [-0.2, 0) is 11.2 Å². The minimum Gasteiger partial charge on any atom is -0.481 e. The maximum absolute atomic E-state index is 11.7. The number of hydrogen-bond acceptors (Lipinski definition) is 1. The Hall–Kier alpha value is -0.830. The molecule has 0 aromatic heterocycles. The van der Waals surface area contributed by atoms with Crippen LogP contribution < -0.4 is 0 Å². The third kappa shape index (κ3) is 2.61. The van der Waals surface area contributed by atoms with Gasteiger partial charge in [0.25, 0.3) is 0 Å². The maximum atomic E-state index is 11.7. The Balaban J connectivity index is 2.23. The lowest BCUT2D eigenvalue weighted by molar-refractivity contribution is -0.148. The molecule has 1 aliphatic carbocycles. The smallest absolute Gasteiger partial charge is 0.309 e. The van der Waals surface area contributed by atoms with Crippen LogP contribution in [0, 0.1) is 11.3 Å². The van der Waals surface area contributed by atoms with Crippen molar-refractivity contribution in [2.24, 2.45) is 11.3 Å². The highest BCUT2D eigenvalue weighted by molar-refractivity contribution is 9.10.